The number of fused-ring (bicyclic) bond motifs is 1. The van der Waals surface area contributed by atoms with E-state index in [9.17, 15) is 0 Å². The number of benzene rings is 1. The third kappa shape index (κ3) is 0.998. The zero-order chi connectivity index (χ0) is 8.84. The second kappa shape index (κ2) is 2.38. The lowest BCUT2D eigenvalue weighted by molar-refractivity contribution is 0.401. The van der Waals surface area contributed by atoms with E-state index in [-0.39, 0.29) is 0 Å². The van der Waals surface area contributed by atoms with Crippen LogP contribution in [0.25, 0.3) is 5.70 Å². The Morgan fingerprint density at radius 1 is 1.23 bits per heavy atom. The predicted octanol–water partition coefficient (Wildman–Crippen LogP) is 2.64. The van der Waals surface area contributed by atoms with Crippen LogP contribution in [0.3, 0.4) is 0 Å². The molecule has 0 radical (unpaired) electrons. The van der Waals surface area contributed by atoms with Crippen molar-refractivity contribution in [3.63, 3.8) is 0 Å². The highest BCUT2D eigenvalue weighted by Gasteiger charge is 2.34. The summed E-state index contributed by atoms with van der Waals surface area (Å²) in [4.78, 5) is 2.45. The molecule has 2 aliphatic rings. The van der Waals surface area contributed by atoms with Gasteiger partial charge in [-0.1, -0.05) is 30.8 Å². The molecule has 66 valence electrons. The highest BCUT2D eigenvalue weighted by atomic mass is 15.2. The Hall–Kier alpha value is -1.24. The van der Waals surface area contributed by atoms with Crippen LogP contribution in [-0.4, -0.2) is 10.9 Å². The minimum atomic E-state index is 0.792. The first kappa shape index (κ1) is 7.19. The summed E-state index contributed by atoms with van der Waals surface area (Å²) < 4.78 is 0. The minimum absolute atomic E-state index is 0.792. The van der Waals surface area contributed by atoms with Crippen molar-refractivity contribution in [2.45, 2.75) is 25.4 Å². The van der Waals surface area contributed by atoms with Gasteiger partial charge in [0.25, 0.3) is 0 Å². The molecule has 1 heterocycles. The third-order valence-electron chi connectivity index (χ3n) is 3.00. The molecule has 0 N–H and O–H groups in total. The largest absolute Gasteiger partial charge is 0.364 e. The van der Waals surface area contributed by atoms with Gasteiger partial charge in [-0.25, -0.2) is 0 Å². The average molecular weight is 171 g/mol. The fourth-order valence-electron chi connectivity index (χ4n) is 2.11. The molecule has 1 aliphatic carbocycles. The molecule has 1 saturated carbocycles. The van der Waals surface area contributed by atoms with Crippen LogP contribution >= 0.6 is 0 Å². The standard InChI is InChI=1S/C12H13N/c1-9-12-5-3-2-4-10(12)8-13(9)11-6-7-11/h2-5,11H,1,6-8H2. The van der Waals surface area contributed by atoms with Crippen LogP contribution in [0.4, 0.5) is 0 Å². The molecule has 0 spiro atoms. The maximum atomic E-state index is 4.16. The highest BCUT2D eigenvalue weighted by molar-refractivity contribution is 5.69. The third-order valence-corrected chi connectivity index (χ3v) is 3.00. The molecule has 1 fully saturated rings. The predicted molar refractivity (Wildman–Crippen MR) is 54.0 cm³/mol. The lowest BCUT2D eigenvalue weighted by Crippen LogP contribution is -2.16. The first-order valence-corrected chi connectivity index (χ1v) is 4.90. The first-order valence-electron chi connectivity index (χ1n) is 4.90. The Labute approximate surface area is 78.7 Å². The summed E-state index contributed by atoms with van der Waals surface area (Å²) in [7, 11) is 0. The van der Waals surface area contributed by atoms with E-state index in [0.29, 0.717) is 0 Å². The summed E-state index contributed by atoms with van der Waals surface area (Å²) in [5, 5.41) is 0. The van der Waals surface area contributed by atoms with Gasteiger partial charge in [0, 0.05) is 23.8 Å². The number of hydrogen-bond donors (Lipinski definition) is 0. The number of hydrogen-bond acceptors (Lipinski definition) is 1. The summed E-state index contributed by atoms with van der Waals surface area (Å²) in [5.41, 5.74) is 4.03. The summed E-state index contributed by atoms with van der Waals surface area (Å²) in [6.07, 6.45) is 2.71. The molecule has 1 aromatic carbocycles. The Morgan fingerprint density at radius 2 is 2.00 bits per heavy atom. The van der Waals surface area contributed by atoms with Gasteiger partial charge in [0.05, 0.1) is 0 Å². The van der Waals surface area contributed by atoms with E-state index in [2.05, 4.69) is 35.7 Å². The fraction of sp³-hybridized carbons (Fsp3) is 0.333. The Balaban J connectivity index is 2.01. The zero-order valence-electron chi connectivity index (χ0n) is 7.66. The molecule has 1 nitrogen and oxygen atoms in total. The lowest BCUT2D eigenvalue weighted by Gasteiger charge is -2.17. The van der Waals surface area contributed by atoms with Gasteiger partial charge in [-0.2, -0.15) is 0 Å². The monoisotopic (exact) mass is 171 g/mol. The van der Waals surface area contributed by atoms with E-state index in [1.807, 2.05) is 0 Å². The van der Waals surface area contributed by atoms with E-state index in [1.165, 1.54) is 29.7 Å². The lowest BCUT2D eigenvalue weighted by atomic mass is 10.1. The van der Waals surface area contributed by atoms with Crippen LogP contribution in [0.1, 0.15) is 24.0 Å². The molecule has 0 saturated heterocycles. The summed E-state index contributed by atoms with van der Waals surface area (Å²) in [6, 6.07) is 9.39. The van der Waals surface area contributed by atoms with Crippen molar-refractivity contribution >= 4 is 5.70 Å². The van der Waals surface area contributed by atoms with Crippen LogP contribution in [0.2, 0.25) is 0 Å². The van der Waals surface area contributed by atoms with Gasteiger partial charge in [0.2, 0.25) is 0 Å². The van der Waals surface area contributed by atoms with Crippen LogP contribution in [-0.2, 0) is 6.54 Å². The summed E-state index contributed by atoms with van der Waals surface area (Å²) in [6.45, 7) is 5.25. The van der Waals surface area contributed by atoms with E-state index in [4.69, 9.17) is 0 Å². The van der Waals surface area contributed by atoms with Gasteiger partial charge in [-0.05, 0) is 18.4 Å². The highest BCUT2D eigenvalue weighted by Crippen LogP contribution is 2.40. The molecule has 1 aromatic rings. The van der Waals surface area contributed by atoms with Crippen LogP contribution in [0.5, 0.6) is 0 Å². The molecular weight excluding hydrogens is 158 g/mol. The first-order chi connectivity index (χ1) is 6.36. The van der Waals surface area contributed by atoms with Crippen molar-refractivity contribution in [1.82, 2.24) is 4.90 Å². The van der Waals surface area contributed by atoms with E-state index >= 15 is 0 Å². The number of rotatable bonds is 1. The van der Waals surface area contributed by atoms with Gasteiger partial charge < -0.3 is 4.90 Å². The van der Waals surface area contributed by atoms with Gasteiger partial charge >= 0.3 is 0 Å². The van der Waals surface area contributed by atoms with E-state index < -0.39 is 0 Å². The molecular formula is C12H13N. The Morgan fingerprint density at radius 3 is 2.69 bits per heavy atom. The van der Waals surface area contributed by atoms with Gasteiger partial charge in [-0.3, -0.25) is 0 Å². The van der Waals surface area contributed by atoms with Crippen LogP contribution in [0.15, 0.2) is 30.8 Å². The molecule has 0 amide bonds. The average Bonchev–Trinajstić information content (AvgIpc) is 2.94. The molecule has 1 heteroatoms. The summed E-state index contributed by atoms with van der Waals surface area (Å²) in [5.74, 6) is 0. The molecule has 1 aliphatic heterocycles. The van der Waals surface area contributed by atoms with Crippen LogP contribution in [0, 0.1) is 0 Å². The maximum Gasteiger partial charge on any atom is 0.0439 e. The molecule has 13 heavy (non-hydrogen) atoms. The van der Waals surface area contributed by atoms with Gasteiger partial charge in [0.15, 0.2) is 0 Å². The molecule has 0 unspecified atom stereocenters. The van der Waals surface area contributed by atoms with Crippen molar-refractivity contribution in [1.29, 1.82) is 0 Å². The normalized spacial score (nSPS) is 20.6. The SMILES string of the molecule is C=C1c2ccccc2CN1C1CC1. The second-order valence-electron chi connectivity index (χ2n) is 3.96. The topological polar surface area (TPSA) is 3.24 Å². The quantitative estimate of drug-likeness (QED) is 0.628. The fourth-order valence-corrected chi connectivity index (χ4v) is 2.11. The Bertz CT molecular complexity index is 363. The maximum absolute atomic E-state index is 4.16. The molecule has 0 bridgehead atoms. The second-order valence-corrected chi connectivity index (χ2v) is 3.96. The molecule has 0 atom stereocenters. The number of nitrogens with zero attached hydrogens (tertiary/aromatic N) is 1. The van der Waals surface area contributed by atoms with E-state index in [1.54, 1.807) is 0 Å². The van der Waals surface area contributed by atoms with Gasteiger partial charge in [0.1, 0.15) is 0 Å². The Kier molecular flexibility index (Phi) is 1.32. The van der Waals surface area contributed by atoms with Crippen molar-refractivity contribution < 1.29 is 0 Å². The molecule has 0 aromatic heterocycles. The van der Waals surface area contributed by atoms with Crippen molar-refractivity contribution in [2.24, 2.45) is 0 Å². The molecule has 3 rings (SSSR count). The summed E-state index contributed by atoms with van der Waals surface area (Å²) >= 11 is 0. The van der Waals surface area contributed by atoms with Crippen LogP contribution < -0.4 is 0 Å². The van der Waals surface area contributed by atoms with Gasteiger partial charge in [-0.15, -0.1) is 0 Å². The van der Waals surface area contributed by atoms with Crippen molar-refractivity contribution in [2.75, 3.05) is 0 Å². The van der Waals surface area contributed by atoms with Crippen molar-refractivity contribution in [3.8, 4) is 0 Å². The van der Waals surface area contributed by atoms with E-state index in [0.717, 1.165) is 12.6 Å². The zero-order valence-corrected chi connectivity index (χ0v) is 7.66. The smallest absolute Gasteiger partial charge is 0.0439 e. The van der Waals surface area contributed by atoms with Crippen molar-refractivity contribution in [3.05, 3.63) is 42.0 Å². The minimum Gasteiger partial charge on any atom is -0.364 e.